The fraction of sp³-hybridized carbons (Fsp3) is 0.455. The fourth-order valence-corrected chi connectivity index (χ4v) is 8.10. The zero-order valence-electron chi connectivity index (χ0n) is 39.0. The van der Waals surface area contributed by atoms with E-state index in [0.717, 1.165) is 19.3 Å². The predicted molar refractivity (Wildman–Crippen MR) is 244 cm³/mol. The quantitative estimate of drug-likeness (QED) is 0.155. The first kappa shape index (κ1) is 51.7. The van der Waals surface area contributed by atoms with Gasteiger partial charge in [0.05, 0.1) is 0 Å². The molecule has 0 saturated heterocycles. The third-order valence-electron chi connectivity index (χ3n) is 11.2. The maximum Gasteiger partial charge on any atom is -0.0540 e. The molecule has 1 aliphatic rings. The van der Waals surface area contributed by atoms with Gasteiger partial charge in [0.1, 0.15) is 0 Å². The van der Waals surface area contributed by atoms with E-state index in [-0.39, 0.29) is 46.5 Å². The van der Waals surface area contributed by atoms with Crippen molar-refractivity contribution in [1.29, 1.82) is 0 Å². The number of benzene rings is 4. The molecule has 0 bridgehead atoms. The van der Waals surface area contributed by atoms with E-state index >= 15 is 0 Å². The van der Waals surface area contributed by atoms with Crippen LogP contribution in [-0.2, 0) is 70.6 Å². The number of hydrogen-bond acceptors (Lipinski definition) is 0. The van der Waals surface area contributed by atoms with Gasteiger partial charge in [0.2, 0.25) is 0 Å². The summed E-state index contributed by atoms with van der Waals surface area (Å²) in [5.41, 5.74) is 19.5. The van der Waals surface area contributed by atoms with E-state index in [1.807, 2.05) is 0 Å². The second kappa shape index (κ2) is 20.0. The van der Waals surface area contributed by atoms with E-state index in [0.29, 0.717) is 5.41 Å². The Morgan fingerprint density at radius 1 is 0.534 bits per heavy atom. The van der Waals surface area contributed by atoms with Gasteiger partial charge in [-0.2, -0.15) is 46.5 Å². The first-order chi connectivity index (χ1) is 25.7. The molecular weight excluding hydrogens is 823 g/mol. The van der Waals surface area contributed by atoms with Gasteiger partial charge in [-0.1, -0.05) is 118 Å². The SMILES string of the molecule is CC(C)(C)c1[c-]c2c(cc1)-c1ccc(C(C)(C)C)cc1C2.CC(C)(C)c1ccc([C](=[Zr+2])c2ccc(C(C)(C)C)cc2)cc1.CCc1cc(C(C)(C)C)c(CC)[cH-]1.[Cl-].[Cl-]. The standard InChI is InChI=1S/C21H25.C21H26.C13H21.2ClH.Zr/c1-20(2,3)16-7-9-18-14(12-16)11-15-13-17(21(4,5)6)8-10-19(15)18;1-20(2,3)18-11-7-16(8-12-18)15-17-9-13-19(14-10-17)21(4,5)6;1-6-10-8-11(7-2)12(9-10)13(3,4)5;;;/h7-10,12H,11H2,1-6H3;7-14H,1-6H3;8-9H,6-7H2,1-5H3;2*1H;/q-1;;-1;;;+2/p-2. The first-order valence-corrected chi connectivity index (χ1v) is 22.3. The van der Waals surface area contributed by atoms with Crippen molar-refractivity contribution < 1.29 is 49.0 Å². The van der Waals surface area contributed by atoms with E-state index in [2.05, 4.69) is 215 Å². The summed E-state index contributed by atoms with van der Waals surface area (Å²) in [6, 6.07) is 38.0. The molecule has 6 rings (SSSR count). The van der Waals surface area contributed by atoms with Crippen molar-refractivity contribution in [1.82, 2.24) is 0 Å². The summed E-state index contributed by atoms with van der Waals surface area (Å²) in [4.78, 5) is 0. The molecule has 0 unspecified atom stereocenters. The summed E-state index contributed by atoms with van der Waals surface area (Å²) in [6.07, 6.45) is 3.34. The van der Waals surface area contributed by atoms with Crippen LogP contribution in [0.15, 0.2) is 91.0 Å². The summed E-state index contributed by atoms with van der Waals surface area (Å²) < 4.78 is 1.42. The summed E-state index contributed by atoms with van der Waals surface area (Å²) in [6.45, 7) is 38.5. The van der Waals surface area contributed by atoms with Crippen molar-refractivity contribution in [2.75, 3.05) is 0 Å². The van der Waals surface area contributed by atoms with Crippen LogP contribution in [0.2, 0.25) is 0 Å². The smallest absolute Gasteiger partial charge is 0.0540 e. The average Bonchev–Trinajstić information content (AvgIpc) is 3.72. The van der Waals surface area contributed by atoms with Crippen molar-refractivity contribution in [3.05, 3.63) is 158 Å². The molecule has 0 radical (unpaired) electrons. The monoisotopic (exact) mass is 892 g/mol. The summed E-state index contributed by atoms with van der Waals surface area (Å²) in [7, 11) is 0. The molecule has 0 aromatic heterocycles. The van der Waals surface area contributed by atoms with Gasteiger partial charge in [-0.3, -0.25) is 0 Å². The Labute approximate surface area is 383 Å². The largest absolute Gasteiger partial charge is 1.00 e. The van der Waals surface area contributed by atoms with Crippen molar-refractivity contribution in [2.24, 2.45) is 0 Å². The molecule has 0 fully saturated rings. The maximum absolute atomic E-state index is 3.67. The minimum absolute atomic E-state index is 0. The molecule has 5 aromatic carbocycles. The van der Waals surface area contributed by atoms with Gasteiger partial charge in [0.15, 0.2) is 0 Å². The molecule has 0 spiro atoms. The van der Waals surface area contributed by atoms with E-state index in [9.17, 15) is 0 Å². The van der Waals surface area contributed by atoms with Crippen LogP contribution < -0.4 is 24.8 Å². The Kier molecular flexibility index (Phi) is 17.8. The van der Waals surface area contributed by atoms with Gasteiger partial charge in [0.25, 0.3) is 0 Å². The zero-order chi connectivity index (χ0) is 42.0. The molecule has 0 amide bonds. The van der Waals surface area contributed by atoms with Crippen molar-refractivity contribution >= 4 is 3.21 Å². The van der Waals surface area contributed by atoms with Crippen LogP contribution in [0.1, 0.15) is 179 Å². The number of rotatable bonds is 4. The number of fused-ring (bicyclic) bond motifs is 3. The van der Waals surface area contributed by atoms with E-state index in [4.69, 9.17) is 0 Å². The molecule has 1 aliphatic carbocycles. The third kappa shape index (κ3) is 13.3. The van der Waals surface area contributed by atoms with Gasteiger partial charge in [0, 0.05) is 0 Å². The van der Waals surface area contributed by atoms with Crippen LogP contribution in [0.3, 0.4) is 0 Å². The normalized spacial score (nSPS) is 12.5. The van der Waals surface area contributed by atoms with Crippen LogP contribution in [0.5, 0.6) is 0 Å². The Morgan fingerprint density at radius 3 is 1.36 bits per heavy atom. The fourth-order valence-electron chi connectivity index (χ4n) is 7.28. The molecular formula is C55H72Cl2Zr-2. The van der Waals surface area contributed by atoms with Gasteiger partial charge in [-0.05, 0) is 28.4 Å². The molecule has 0 atom stereocenters. The van der Waals surface area contributed by atoms with Crippen molar-refractivity contribution in [3.8, 4) is 11.1 Å². The minimum atomic E-state index is 0. The van der Waals surface area contributed by atoms with E-state index in [1.54, 1.807) is 0 Å². The van der Waals surface area contributed by atoms with Crippen LogP contribution in [0, 0.1) is 6.07 Å². The predicted octanol–water partition coefficient (Wildman–Crippen LogP) is 8.89. The Morgan fingerprint density at radius 2 is 0.983 bits per heavy atom. The minimum Gasteiger partial charge on any atom is -1.00 e. The number of hydrogen-bond donors (Lipinski definition) is 0. The molecule has 0 N–H and O–H groups in total. The Hall–Kier alpha value is -2.44. The molecule has 5 aromatic rings. The van der Waals surface area contributed by atoms with E-state index in [1.165, 1.54) is 99.8 Å². The zero-order valence-corrected chi connectivity index (χ0v) is 43.0. The van der Waals surface area contributed by atoms with Gasteiger partial charge < -0.3 is 24.8 Å². The van der Waals surface area contributed by atoms with Crippen LogP contribution in [-0.4, -0.2) is 3.21 Å². The van der Waals surface area contributed by atoms with Gasteiger partial charge >= 0.3 is 151 Å². The van der Waals surface area contributed by atoms with Gasteiger partial charge in [-0.25, -0.2) is 6.07 Å². The molecule has 312 valence electrons. The Bertz CT molecular complexity index is 1970. The summed E-state index contributed by atoms with van der Waals surface area (Å²) in [5, 5.41) is 0. The molecule has 0 heterocycles. The summed E-state index contributed by atoms with van der Waals surface area (Å²) >= 11 is 1.46. The molecule has 0 nitrogen and oxygen atoms in total. The molecule has 58 heavy (non-hydrogen) atoms. The summed E-state index contributed by atoms with van der Waals surface area (Å²) in [5.74, 6) is 0. The van der Waals surface area contributed by atoms with Gasteiger partial charge in [-0.15, -0.1) is 11.1 Å². The van der Waals surface area contributed by atoms with Crippen LogP contribution >= 0.6 is 0 Å². The van der Waals surface area contributed by atoms with Crippen molar-refractivity contribution in [3.63, 3.8) is 0 Å². The van der Waals surface area contributed by atoms with Crippen LogP contribution in [0.4, 0.5) is 0 Å². The topological polar surface area (TPSA) is 0 Å². The molecule has 0 aliphatic heterocycles. The first-order valence-electron chi connectivity index (χ1n) is 21.0. The number of halogens is 2. The number of aryl methyl sites for hydroxylation is 2. The molecule has 3 heteroatoms. The third-order valence-corrected chi connectivity index (χ3v) is 12.6. The second-order valence-corrected chi connectivity index (χ2v) is 22.3. The molecule has 0 saturated carbocycles. The average molecular weight is 895 g/mol. The van der Waals surface area contributed by atoms with E-state index < -0.39 is 0 Å². The van der Waals surface area contributed by atoms with Crippen LogP contribution in [0.25, 0.3) is 11.1 Å². The van der Waals surface area contributed by atoms with Crippen molar-refractivity contribution in [2.45, 2.75) is 164 Å². The second-order valence-electron chi connectivity index (χ2n) is 21.1. The Balaban J connectivity index is 0.000000305. The maximum atomic E-state index is 3.67.